The lowest BCUT2D eigenvalue weighted by Crippen LogP contribution is -2.38. The number of nitrogens with zero attached hydrogens (tertiary/aromatic N) is 2. The molecule has 0 unspecified atom stereocenters. The smallest absolute Gasteiger partial charge is 0.243 e. The Morgan fingerprint density at radius 1 is 1.08 bits per heavy atom. The molecule has 0 amide bonds. The predicted octanol–water partition coefficient (Wildman–Crippen LogP) is 3.54. The van der Waals surface area contributed by atoms with Gasteiger partial charge in [0.15, 0.2) is 11.5 Å². The zero-order valence-corrected chi connectivity index (χ0v) is 14.2. The summed E-state index contributed by atoms with van der Waals surface area (Å²) >= 11 is 0. The fourth-order valence-electron chi connectivity index (χ4n) is 3.18. The van der Waals surface area contributed by atoms with Crippen molar-refractivity contribution in [1.29, 1.82) is 0 Å². The first kappa shape index (κ1) is 16.2. The number of para-hydroxylation sites is 2. The summed E-state index contributed by atoms with van der Waals surface area (Å²) in [5.74, 6) is 0.192. The van der Waals surface area contributed by atoms with Crippen molar-refractivity contribution in [2.75, 3.05) is 13.1 Å². The Hall–Kier alpha value is -2.25. The van der Waals surface area contributed by atoms with Crippen LogP contribution in [0, 0.1) is 5.82 Å². The van der Waals surface area contributed by atoms with Crippen molar-refractivity contribution in [3.05, 3.63) is 60.2 Å². The van der Waals surface area contributed by atoms with E-state index in [1.54, 1.807) is 0 Å². The van der Waals surface area contributed by atoms with E-state index in [4.69, 9.17) is 4.42 Å². The fraction of sp³-hybridized carbons (Fsp3) is 0.278. The molecule has 0 bridgehead atoms. The number of piperidine rings is 1. The average Bonchev–Trinajstić information content (AvgIpc) is 3.06. The van der Waals surface area contributed by atoms with Crippen molar-refractivity contribution < 1.29 is 17.2 Å². The molecule has 0 aliphatic carbocycles. The Balaban J connectivity index is 1.51. The lowest BCUT2D eigenvalue weighted by molar-refractivity contribution is 0.293. The van der Waals surface area contributed by atoms with E-state index < -0.39 is 15.8 Å². The van der Waals surface area contributed by atoms with Crippen LogP contribution in [-0.2, 0) is 10.0 Å². The van der Waals surface area contributed by atoms with E-state index in [2.05, 4.69) is 4.98 Å². The van der Waals surface area contributed by atoms with Crippen LogP contribution in [0.2, 0.25) is 0 Å². The SMILES string of the molecule is O=S(=O)(c1cccc(F)c1)N1CCC(c2nc3ccccc3o2)CC1. The van der Waals surface area contributed by atoms with Gasteiger partial charge in [-0.2, -0.15) is 4.31 Å². The largest absolute Gasteiger partial charge is 0.440 e. The van der Waals surface area contributed by atoms with Crippen molar-refractivity contribution in [3.63, 3.8) is 0 Å². The van der Waals surface area contributed by atoms with Crippen LogP contribution in [-0.4, -0.2) is 30.8 Å². The molecule has 0 N–H and O–H groups in total. The van der Waals surface area contributed by atoms with Gasteiger partial charge in [0, 0.05) is 19.0 Å². The van der Waals surface area contributed by atoms with Gasteiger partial charge in [0.05, 0.1) is 4.90 Å². The van der Waals surface area contributed by atoms with Gasteiger partial charge in [0.25, 0.3) is 0 Å². The van der Waals surface area contributed by atoms with Crippen molar-refractivity contribution >= 4 is 21.1 Å². The molecule has 1 fully saturated rings. The summed E-state index contributed by atoms with van der Waals surface area (Å²) in [6.07, 6.45) is 1.25. The number of fused-ring (bicyclic) bond motifs is 1. The number of aromatic nitrogens is 1. The molecular weight excluding hydrogens is 343 g/mol. The van der Waals surface area contributed by atoms with Crippen molar-refractivity contribution in [2.24, 2.45) is 0 Å². The van der Waals surface area contributed by atoms with Crippen LogP contribution in [0.5, 0.6) is 0 Å². The van der Waals surface area contributed by atoms with Gasteiger partial charge in [-0.15, -0.1) is 0 Å². The van der Waals surface area contributed by atoms with Gasteiger partial charge in [0.1, 0.15) is 11.3 Å². The van der Waals surface area contributed by atoms with E-state index in [0.29, 0.717) is 31.8 Å². The van der Waals surface area contributed by atoms with E-state index in [0.717, 1.165) is 17.2 Å². The molecule has 0 saturated carbocycles. The van der Waals surface area contributed by atoms with Gasteiger partial charge < -0.3 is 4.42 Å². The number of halogens is 1. The maximum Gasteiger partial charge on any atom is 0.243 e. The first-order valence-electron chi connectivity index (χ1n) is 8.15. The Morgan fingerprint density at radius 3 is 2.56 bits per heavy atom. The summed E-state index contributed by atoms with van der Waals surface area (Å²) in [5.41, 5.74) is 1.56. The second kappa shape index (κ2) is 6.24. The molecule has 0 spiro atoms. The van der Waals surface area contributed by atoms with E-state index in [1.165, 1.54) is 22.5 Å². The first-order valence-corrected chi connectivity index (χ1v) is 9.59. The Kier molecular flexibility index (Phi) is 4.05. The topological polar surface area (TPSA) is 63.4 Å². The van der Waals surface area contributed by atoms with Crippen molar-refractivity contribution in [3.8, 4) is 0 Å². The van der Waals surface area contributed by atoms with Crippen LogP contribution in [0.4, 0.5) is 4.39 Å². The predicted molar refractivity (Wildman–Crippen MR) is 91.1 cm³/mol. The minimum atomic E-state index is -3.67. The van der Waals surface area contributed by atoms with Gasteiger partial charge in [-0.1, -0.05) is 18.2 Å². The quantitative estimate of drug-likeness (QED) is 0.717. The van der Waals surface area contributed by atoms with Crippen LogP contribution in [0.15, 0.2) is 57.8 Å². The fourth-order valence-corrected chi connectivity index (χ4v) is 4.69. The van der Waals surface area contributed by atoms with E-state index in [1.807, 2.05) is 24.3 Å². The minimum Gasteiger partial charge on any atom is -0.440 e. The molecule has 2 aromatic carbocycles. The number of hydrogen-bond acceptors (Lipinski definition) is 4. The molecule has 4 rings (SSSR count). The normalized spacial score (nSPS) is 17.2. The average molecular weight is 360 g/mol. The van der Waals surface area contributed by atoms with Crippen LogP contribution in [0.1, 0.15) is 24.7 Å². The third-order valence-electron chi connectivity index (χ3n) is 4.55. The summed E-state index contributed by atoms with van der Waals surface area (Å²) in [6.45, 7) is 0.727. The van der Waals surface area contributed by atoms with Crippen LogP contribution < -0.4 is 0 Å². The second-order valence-electron chi connectivity index (χ2n) is 6.16. The van der Waals surface area contributed by atoms with Crippen LogP contribution in [0.25, 0.3) is 11.1 Å². The Labute approximate surface area is 145 Å². The number of rotatable bonds is 3. The molecule has 2 heterocycles. The lowest BCUT2D eigenvalue weighted by atomic mass is 9.98. The summed E-state index contributed by atoms with van der Waals surface area (Å²) in [4.78, 5) is 4.50. The van der Waals surface area contributed by atoms with Gasteiger partial charge >= 0.3 is 0 Å². The van der Waals surface area contributed by atoms with E-state index >= 15 is 0 Å². The molecule has 1 aliphatic heterocycles. The molecular formula is C18H17FN2O3S. The van der Waals surface area contributed by atoms with Crippen LogP contribution in [0.3, 0.4) is 0 Å². The van der Waals surface area contributed by atoms with Gasteiger partial charge in [0.2, 0.25) is 10.0 Å². The van der Waals surface area contributed by atoms with Crippen LogP contribution >= 0.6 is 0 Å². The van der Waals surface area contributed by atoms with Crippen molar-refractivity contribution in [2.45, 2.75) is 23.7 Å². The number of sulfonamides is 1. The Bertz CT molecular complexity index is 975. The molecule has 3 aromatic rings. The molecule has 1 aromatic heterocycles. The van der Waals surface area contributed by atoms with Gasteiger partial charge in [-0.25, -0.2) is 17.8 Å². The third kappa shape index (κ3) is 3.05. The molecule has 5 nitrogen and oxygen atoms in total. The molecule has 1 aliphatic rings. The zero-order chi connectivity index (χ0) is 17.4. The maximum absolute atomic E-state index is 13.3. The van der Waals surface area contributed by atoms with Crippen molar-refractivity contribution in [1.82, 2.24) is 9.29 Å². The summed E-state index contributed by atoms with van der Waals surface area (Å²) in [5, 5.41) is 0. The molecule has 7 heteroatoms. The number of hydrogen-bond donors (Lipinski definition) is 0. The van der Waals surface area contributed by atoms with E-state index in [9.17, 15) is 12.8 Å². The van der Waals surface area contributed by atoms with Gasteiger partial charge in [-0.3, -0.25) is 0 Å². The molecule has 25 heavy (non-hydrogen) atoms. The highest BCUT2D eigenvalue weighted by Crippen LogP contribution is 2.32. The highest BCUT2D eigenvalue weighted by Gasteiger charge is 2.32. The van der Waals surface area contributed by atoms with E-state index in [-0.39, 0.29) is 10.8 Å². The molecule has 0 radical (unpaired) electrons. The number of benzene rings is 2. The third-order valence-corrected chi connectivity index (χ3v) is 6.44. The lowest BCUT2D eigenvalue weighted by Gasteiger charge is -2.29. The second-order valence-corrected chi connectivity index (χ2v) is 8.09. The summed E-state index contributed by atoms with van der Waals surface area (Å²) in [6, 6.07) is 12.7. The Morgan fingerprint density at radius 2 is 1.84 bits per heavy atom. The monoisotopic (exact) mass is 360 g/mol. The standard InChI is InChI=1S/C18H17FN2O3S/c19-14-4-3-5-15(12-14)25(22,23)21-10-8-13(9-11-21)18-20-16-6-1-2-7-17(16)24-18/h1-7,12-13H,8-11H2. The summed E-state index contributed by atoms with van der Waals surface area (Å²) in [7, 11) is -3.67. The highest BCUT2D eigenvalue weighted by molar-refractivity contribution is 7.89. The minimum absolute atomic E-state index is 0.00666. The maximum atomic E-state index is 13.3. The zero-order valence-electron chi connectivity index (χ0n) is 13.4. The summed E-state index contributed by atoms with van der Waals surface area (Å²) < 4.78 is 45.8. The molecule has 0 atom stereocenters. The first-order chi connectivity index (χ1) is 12.0. The molecule has 130 valence electrons. The van der Waals surface area contributed by atoms with Gasteiger partial charge in [-0.05, 0) is 43.2 Å². The molecule has 1 saturated heterocycles. The number of oxazole rings is 1. The highest BCUT2D eigenvalue weighted by atomic mass is 32.2.